The van der Waals surface area contributed by atoms with Crippen LogP contribution in [0.15, 0.2) is 0 Å². The Kier molecular flexibility index (Phi) is 3.95. The zero-order valence-electron chi connectivity index (χ0n) is 11.9. The van der Waals surface area contributed by atoms with Gasteiger partial charge in [-0.1, -0.05) is 25.7 Å². The van der Waals surface area contributed by atoms with Crippen LogP contribution in [-0.4, -0.2) is 25.3 Å². The summed E-state index contributed by atoms with van der Waals surface area (Å²) in [6, 6.07) is 0.760. The van der Waals surface area contributed by atoms with Gasteiger partial charge in [-0.05, 0) is 51.5 Å². The number of nitrogens with one attached hydrogen (secondary N) is 1. The van der Waals surface area contributed by atoms with E-state index in [0.29, 0.717) is 11.5 Å². The zero-order valence-corrected chi connectivity index (χ0v) is 11.9. The molecule has 3 aliphatic carbocycles. The van der Waals surface area contributed by atoms with Crippen LogP contribution in [0.25, 0.3) is 0 Å². The molecule has 0 amide bonds. The van der Waals surface area contributed by atoms with Gasteiger partial charge in [0.1, 0.15) is 0 Å². The van der Waals surface area contributed by atoms with Gasteiger partial charge in [0.25, 0.3) is 0 Å². The summed E-state index contributed by atoms with van der Waals surface area (Å²) in [4.78, 5) is 0. The zero-order chi connectivity index (χ0) is 12.4. The molecule has 0 bridgehead atoms. The van der Waals surface area contributed by atoms with Crippen molar-refractivity contribution in [2.75, 3.05) is 13.2 Å². The van der Waals surface area contributed by atoms with E-state index in [1.54, 1.807) is 0 Å². The van der Waals surface area contributed by atoms with Crippen molar-refractivity contribution >= 4 is 0 Å². The highest BCUT2D eigenvalue weighted by molar-refractivity contribution is 5.09. The number of rotatable bonds is 7. The second-order valence-electron chi connectivity index (χ2n) is 6.71. The molecule has 0 saturated heterocycles. The van der Waals surface area contributed by atoms with Gasteiger partial charge in [0.2, 0.25) is 0 Å². The maximum atomic E-state index is 5.96. The second-order valence-corrected chi connectivity index (χ2v) is 6.71. The Bertz CT molecular complexity index is 268. The van der Waals surface area contributed by atoms with Crippen LogP contribution < -0.4 is 5.32 Å². The van der Waals surface area contributed by atoms with Crippen molar-refractivity contribution in [1.82, 2.24) is 5.32 Å². The van der Waals surface area contributed by atoms with Crippen LogP contribution in [0.2, 0.25) is 0 Å². The molecule has 2 heteroatoms. The van der Waals surface area contributed by atoms with Crippen molar-refractivity contribution in [3.05, 3.63) is 0 Å². The summed E-state index contributed by atoms with van der Waals surface area (Å²) >= 11 is 0. The fourth-order valence-electron chi connectivity index (χ4n) is 4.25. The van der Waals surface area contributed by atoms with E-state index in [1.807, 2.05) is 0 Å². The number of hydrogen-bond donors (Lipinski definition) is 1. The minimum atomic E-state index is 0.523. The molecule has 3 saturated carbocycles. The van der Waals surface area contributed by atoms with Crippen LogP contribution in [0.5, 0.6) is 0 Å². The summed E-state index contributed by atoms with van der Waals surface area (Å²) in [5, 5.41) is 3.84. The van der Waals surface area contributed by atoms with Gasteiger partial charge in [-0.3, -0.25) is 0 Å². The first-order valence-corrected chi connectivity index (χ1v) is 8.20. The second kappa shape index (κ2) is 5.50. The Morgan fingerprint density at radius 3 is 2.67 bits per heavy atom. The lowest BCUT2D eigenvalue weighted by atomic mass is 9.60. The predicted octanol–water partition coefficient (Wildman–Crippen LogP) is 3.50. The summed E-state index contributed by atoms with van der Waals surface area (Å²) in [5.74, 6) is 1.09. The van der Waals surface area contributed by atoms with E-state index in [-0.39, 0.29) is 0 Å². The van der Waals surface area contributed by atoms with Crippen molar-refractivity contribution in [3.8, 4) is 0 Å². The molecule has 104 valence electrons. The first-order chi connectivity index (χ1) is 8.85. The quantitative estimate of drug-likeness (QED) is 0.699. The van der Waals surface area contributed by atoms with Crippen LogP contribution in [0.3, 0.4) is 0 Å². The molecule has 3 aliphatic rings. The largest absolute Gasteiger partial charge is 0.378 e. The Morgan fingerprint density at radius 1 is 1.22 bits per heavy atom. The molecule has 3 fully saturated rings. The van der Waals surface area contributed by atoms with Crippen LogP contribution in [0.4, 0.5) is 0 Å². The van der Waals surface area contributed by atoms with Crippen molar-refractivity contribution in [3.63, 3.8) is 0 Å². The molecule has 0 aliphatic heterocycles. The van der Waals surface area contributed by atoms with Gasteiger partial charge in [-0.25, -0.2) is 0 Å². The van der Waals surface area contributed by atoms with Gasteiger partial charge >= 0.3 is 0 Å². The summed E-state index contributed by atoms with van der Waals surface area (Å²) in [6.07, 6.45) is 13.3. The molecule has 0 heterocycles. The third-order valence-corrected chi connectivity index (χ3v) is 5.56. The standard InChI is InChI=1S/C16H29NO/c1-2-18-15-12-14(16(15)9-3-4-10-16)17-11-5-6-13-7-8-13/h13-15,17H,2-12H2,1H3. The summed E-state index contributed by atoms with van der Waals surface area (Å²) in [6.45, 7) is 4.27. The highest BCUT2D eigenvalue weighted by Gasteiger charge is 2.56. The molecule has 0 radical (unpaired) electrons. The Hall–Kier alpha value is -0.0800. The highest BCUT2D eigenvalue weighted by atomic mass is 16.5. The fourth-order valence-corrected chi connectivity index (χ4v) is 4.25. The van der Waals surface area contributed by atoms with E-state index in [1.165, 1.54) is 64.3 Å². The van der Waals surface area contributed by atoms with Gasteiger partial charge in [0, 0.05) is 18.1 Å². The monoisotopic (exact) mass is 251 g/mol. The summed E-state index contributed by atoms with van der Waals surface area (Å²) < 4.78 is 5.96. The number of ether oxygens (including phenoxy) is 1. The first-order valence-electron chi connectivity index (χ1n) is 8.20. The molecular formula is C16H29NO. The molecule has 3 rings (SSSR count). The smallest absolute Gasteiger partial charge is 0.0661 e. The van der Waals surface area contributed by atoms with E-state index >= 15 is 0 Å². The minimum absolute atomic E-state index is 0.523. The van der Waals surface area contributed by atoms with E-state index in [9.17, 15) is 0 Å². The van der Waals surface area contributed by atoms with Crippen LogP contribution >= 0.6 is 0 Å². The van der Waals surface area contributed by atoms with Gasteiger partial charge in [-0.2, -0.15) is 0 Å². The van der Waals surface area contributed by atoms with Gasteiger partial charge < -0.3 is 10.1 Å². The van der Waals surface area contributed by atoms with Gasteiger partial charge in [-0.15, -0.1) is 0 Å². The van der Waals surface area contributed by atoms with E-state index < -0.39 is 0 Å². The van der Waals surface area contributed by atoms with Crippen molar-refractivity contribution < 1.29 is 4.74 Å². The average Bonchev–Trinajstić information content (AvgIpc) is 3.04. The van der Waals surface area contributed by atoms with Crippen LogP contribution in [0, 0.1) is 11.3 Å². The normalized spacial score (nSPS) is 33.8. The predicted molar refractivity (Wildman–Crippen MR) is 74.7 cm³/mol. The van der Waals surface area contributed by atoms with Gasteiger partial charge in [0.05, 0.1) is 6.10 Å². The average molecular weight is 251 g/mol. The molecule has 1 N–H and O–H groups in total. The molecule has 0 aromatic carbocycles. The molecule has 0 aromatic heterocycles. The molecule has 2 unspecified atom stereocenters. The molecule has 0 aromatic rings. The molecule has 18 heavy (non-hydrogen) atoms. The maximum Gasteiger partial charge on any atom is 0.0661 e. The van der Waals surface area contributed by atoms with Crippen molar-refractivity contribution in [2.45, 2.75) is 76.9 Å². The Balaban J connectivity index is 1.43. The van der Waals surface area contributed by atoms with E-state index in [4.69, 9.17) is 4.74 Å². The lowest BCUT2D eigenvalue weighted by Gasteiger charge is -2.54. The summed E-state index contributed by atoms with van der Waals surface area (Å²) in [5.41, 5.74) is 0.523. The SMILES string of the molecule is CCOC1CC(NCCCC2CC2)C12CCCC2. The van der Waals surface area contributed by atoms with E-state index in [2.05, 4.69) is 12.2 Å². The fraction of sp³-hybridized carbons (Fsp3) is 1.00. The van der Waals surface area contributed by atoms with Crippen molar-refractivity contribution in [1.29, 1.82) is 0 Å². The molecular weight excluding hydrogens is 222 g/mol. The molecule has 1 spiro atoms. The third kappa shape index (κ3) is 2.46. The van der Waals surface area contributed by atoms with Crippen LogP contribution in [0.1, 0.15) is 64.7 Å². The topological polar surface area (TPSA) is 21.3 Å². The van der Waals surface area contributed by atoms with Crippen LogP contribution in [-0.2, 0) is 4.74 Å². The van der Waals surface area contributed by atoms with Gasteiger partial charge in [0.15, 0.2) is 0 Å². The Morgan fingerprint density at radius 2 is 2.00 bits per heavy atom. The minimum Gasteiger partial charge on any atom is -0.378 e. The molecule has 2 nitrogen and oxygen atoms in total. The van der Waals surface area contributed by atoms with E-state index in [0.717, 1.165) is 18.6 Å². The Labute approximate surface area is 112 Å². The van der Waals surface area contributed by atoms with Crippen molar-refractivity contribution in [2.24, 2.45) is 11.3 Å². The molecule has 2 atom stereocenters. The summed E-state index contributed by atoms with van der Waals surface area (Å²) in [7, 11) is 0. The number of hydrogen-bond acceptors (Lipinski definition) is 2. The lowest BCUT2D eigenvalue weighted by Crippen LogP contribution is -2.62. The third-order valence-electron chi connectivity index (χ3n) is 5.56. The highest BCUT2D eigenvalue weighted by Crippen LogP contribution is 2.54. The lowest BCUT2D eigenvalue weighted by molar-refractivity contribution is -0.130. The first kappa shape index (κ1) is 12.9. The maximum absolute atomic E-state index is 5.96.